The van der Waals surface area contributed by atoms with E-state index in [1.54, 1.807) is 13.8 Å². The highest BCUT2D eigenvalue weighted by molar-refractivity contribution is 5.96. The van der Waals surface area contributed by atoms with E-state index < -0.39 is 6.10 Å². The highest BCUT2D eigenvalue weighted by Crippen LogP contribution is 2.28. The fraction of sp³-hybridized carbons (Fsp3) is 0.864. The molecule has 6 heteroatoms. The van der Waals surface area contributed by atoms with E-state index in [4.69, 9.17) is 9.47 Å². The Bertz CT molecular complexity index is 470. The second-order valence-corrected chi connectivity index (χ2v) is 7.76. The minimum atomic E-state index is -0.491. The highest BCUT2D eigenvalue weighted by Gasteiger charge is 2.24. The lowest BCUT2D eigenvalue weighted by Gasteiger charge is -2.25. The lowest BCUT2D eigenvalue weighted by Crippen LogP contribution is -2.26. The molecule has 0 radical (unpaired) electrons. The van der Waals surface area contributed by atoms with Crippen LogP contribution in [0.4, 0.5) is 0 Å². The first-order valence-corrected chi connectivity index (χ1v) is 11.0. The van der Waals surface area contributed by atoms with Crippen molar-refractivity contribution in [2.24, 2.45) is 11.8 Å². The van der Waals surface area contributed by atoms with E-state index in [9.17, 15) is 19.5 Å². The third-order valence-corrected chi connectivity index (χ3v) is 5.56. The molecule has 2 aliphatic rings. The molecule has 0 unspecified atom stereocenters. The van der Waals surface area contributed by atoms with Crippen molar-refractivity contribution in [3.8, 4) is 0 Å². The van der Waals surface area contributed by atoms with E-state index in [2.05, 4.69) is 0 Å². The molecule has 1 atom stereocenters. The predicted octanol–water partition coefficient (Wildman–Crippen LogP) is 4.22. The minimum Gasteiger partial charge on any atom is -0.466 e. The van der Waals surface area contributed by atoms with E-state index in [1.165, 1.54) is 25.7 Å². The predicted molar refractivity (Wildman–Crippen MR) is 109 cm³/mol. The second kappa shape index (κ2) is 14.6. The summed E-state index contributed by atoms with van der Waals surface area (Å²) < 4.78 is 9.55. The van der Waals surface area contributed by atoms with Crippen LogP contribution in [-0.2, 0) is 23.9 Å². The van der Waals surface area contributed by atoms with Crippen LogP contribution in [0.1, 0.15) is 92.3 Å². The van der Waals surface area contributed by atoms with Crippen LogP contribution < -0.4 is 0 Å². The van der Waals surface area contributed by atoms with Crippen LogP contribution in [0.15, 0.2) is 0 Å². The topological polar surface area (TPSA) is 89.9 Å². The number of ether oxygens (including phenoxy) is 2. The summed E-state index contributed by atoms with van der Waals surface area (Å²) in [6.45, 7) is 4.29. The van der Waals surface area contributed by atoms with Crippen molar-refractivity contribution in [2.75, 3.05) is 13.2 Å². The zero-order chi connectivity index (χ0) is 20.8. The van der Waals surface area contributed by atoms with Gasteiger partial charge in [-0.05, 0) is 45.4 Å². The van der Waals surface area contributed by atoms with Gasteiger partial charge in [-0.3, -0.25) is 14.4 Å². The monoisotopic (exact) mass is 400 g/mol. The van der Waals surface area contributed by atoms with Crippen LogP contribution in [-0.4, -0.2) is 42.1 Å². The van der Waals surface area contributed by atoms with Crippen molar-refractivity contribution < 1.29 is 30.4 Å². The maximum absolute atomic E-state index is 11.6. The molecule has 0 aromatic heterocycles. The number of hydrogen-bond acceptors (Lipinski definition) is 6. The molecule has 0 aliphatic heterocycles. The van der Waals surface area contributed by atoms with Crippen molar-refractivity contribution >= 4 is 17.7 Å². The maximum atomic E-state index is 11.6. The van der Waals surface area contributed by atoms with E-state index in [0.717, 1.165) is 38.5 Å². The van der Waals surface area contributed by atoms with Gasteiger partial charge >= 0.3 is 11.9 Å². The Labute approximate surface area is 170 Å². The van der Waals surface area contributed by atoms with Crippen molar-refractivity contribution in [2.45, 2.75) is 97.0 Å². The first kappa shape index (κ1) is 24.6. The number of rotatable bonds is 8. The summed E-state index contributed by atoms with van der Waals surface area (Å²) in [5, 5.41) is 9.77. The van der Waals surface area contributed by atoms with Crippen molar-refractivity contribution in [1.82, 2.24) is 0 Å². The first-order chi connectivity index (χ1) is 13.5. The smallest absolute Gasteiger partial charge is 0.313 e. The van der Waals surface area contributed by atoms with E-state index in [1.807, 2.05) is 0 Å². The summed E-state index contributed by atoms with van der Waals surface area (Å²) in [5.74, 6) is -0.141. The number of Topliss-reactive ketones (excluding diaryl/α,β-unsaturated/α-hetero) is 1. The molecule has 0 aromatic carbocycles. The van der Waals surface area contributed by atoms with Gasteiger partial charge in [0.1, 0.15) is 12.2 Å². The number of carbonyl (C=O) groups is 3. The lowest BCUT2D eigenvalue weighted by atomic mass is 9.84. The van der Waals surface area contributed by atoms with Crippen LogP contribution >= 0.6 is 0 Å². The summed E-state index contributed by atoms with van der Waals surface area (Å²) in [5.41, 5.74) is 0. The molecular weight excluding hydrogens is 360 g/mol. The Morgan fingerprint density at radius 1 is 0.857 bits per heavy atom. The van der Waals surface area contributed by atoms with Crippen LogP contribution in [0.3, 0.4) is 0 Å². The standard InChI is InChI=1S/C11H20O3.C11H18O3.H2/c2*1-2-14-11(13)8-10(12)9-6-4-3-5-7-9;/h9-10,12H,2-8H2,1H3;9H,2-8H2,1H3;1H/t10-;;/m1../s1. The van der Waals surface area contributed by atoms with Crippen molar-refractivity contribution in [3.63, 3.8) is 0 Å². The Morgan fingerprint density at radius 2 is 1.36 bits per heavy atom. The van der Waals surface area contributed by atoms with E-state index in [0.29, 0.717) is 19.1 Å². The number of carbonyl (C=O) groups excluding carboxylic acids is 3. The molecule has 28 heavy (non-hydrogen) atoms. The largest absolute Gasteiger partial charge is 0.466 e. The molecule has 0 saturated heterocycles. The molecule has 2 aliphatic carbocycles. The fourth-order valence-electron chi connectivity index (χ4n) is 4.00. The molecule has 0 spiro atoms. The molecule has 164 valence electrons. The fourth-order valence-corrected chi connectivity index (χ4v) is 4.00. The van der Waals surface area contributed by atoms with Crippen molar-refractivity contribution in [3.05, 3.63) is 0 Å². The zero-order valence-corrected chi connectivity index (χ0v) is 17.6. The number of esters is 2. The zero-order valence-electron chi connectivity index (χ0n) is 17.6. The van der Waals surface area contributed by atoms with Crippen molar-refractivity contribution in [1.29, 1.82) is 0 Å². The Hall–Kier alpha value is -1.43. The summed E-state index contributed by atoms with van der Waals surface area (Å²) in [7, 11) is 0. The minimum absolute atomic E-state index is 0. The normalized spacial score (nSPS) is 19.1. The summed E-state index contributed by atoms with van der Waals surface area (Å²) >= 11 is 0. The molecule has 0 aromatic rings. The summed E-state index contributed by atoms with van der Waals surface area (Å²) in [4.78, 5) is 33.7. The molecule has 6 nitrogen and oxygen atoms in total. The molecular formula is C22H40O6. The Kier molecular flexibility index (Phi) is 12.8. The van der Waals surface area contributed by atoms with Gasteiger partial charge in [0.15, 0.2) is 0 Å². The third-order valence-electron chi connectivity index (χ3n) is 5.56. The van der Waals surface area contributed by atoms with Gasteiger partial charge in [0, 0.05) is 7.34 Å². The lowest BCUT2D eigenvalue weighted by molar-refractivity contribution is -0.147. The van der Waals surface area contributed by atoms with Gasteiger partial charge in [-0.1, -0.05) is 38.5 Å². The van der Waals surface area contributed by atoms with Gasteiger partial charge in [-0.2, -0.15) is 0 Å². The van der Waals surface area contributed by atoms with Crippen LogP contribution in [0.25, 0.3) is 0 Å². The highest BCUT2D eigenvalue weighted by atomic mass is 16.5. The molecule has 1 N–H and O–H groups in total. The molecule has 2 saturated carbocycles. The van der Waals surface area contributed by atoms with Gasteiger partial charge in [0.05, 0.1) is 25.7 Å². The SMILES string of the molecule is CCOC(=O)CC(=O)C1CCCCC1.CCOC(=O)C[C@@H](O)C1CCCCC1.[HH]. The van der Waals surface area contributed by atoms with E-state index >= 15 is 0 Å². The molecule has 0 amide bonds. The van der Waals surface area contributed by atoms with Crippen LogP contribution in [0.5, 0.6) is 0 Å². The van der Waals surface area contributed by atoms with Gasteiger partial charge in [-0.15, -0.1) is 0 Å². The molecule has 0 heterocycles. The Balaban J connectivity index is 0.000000523. The average Bonchev–Trinajstić information content (AvgIpc) is 2.70. The van der Waals surface area contributed by atoms with Gasteiger partial charge in [0.2, 0.25) is 0 Å². The summed E-state index contributed by atoms with van der Waals surface area (Å²) in [6, 6.07) is 0. The number of ketones is 1. The van der Waals surface area contributed by atoms with Crippen LogP contribution in [0, 0.1) is 11.8 Å². The number of hydrogen-bond donors (Lipinski definition) is 1. The number of aliphatic hydroxyl groups excluding tert-OH is 1. The van der Waals surface area contributed by atoms with Crippen LogP contribution in [0.2, 0.25) is 0 Å². The number of aliphatic hydroxyl groups is 1. The summed E-state index contributed by atoms with van der Waals surface area (Å²) in [6.07, 6.45) is 10.8. The first-order valence-electron chi connectivity index (χ1n) is 11.0. The molecule has 2 fully saturated rings. The molecule has 0 bridgehead atoms. The Morgan fingerprint density at radius 3 is 1.89 bits per heavy atom. The second-order valence-electron chi connectivity index (χ2n) is 7.76. The van der Waals surface area contributed by atoms with Gasteiger partial charge < -0.3 is 14.6 Å². The average molecular weight is 401 g/mol. The van der Waals surface area contributed by atoms with Gasteiger partial charge in [-0.25, -0.2) is 0 Å². The third kappa shape index (κ3) is 10.2. The quantitative estimate of drug-likeness (QED) is 0.485. The van der Waals surface area contributed by atoms with Gasteiger partial charge in [0.25, 0.3) is 0 Å². The molecule has 2 rings (SSSR count). The maximum Gasteiger partial charge on any atom is 0.313 e. The van der Waals surface area contributed by atoms with E-state index in [-0.39, 0.29) is 37.9 Å².